The van der Waals surface area contributed by atoms with Gasteiger partial charge in [-0.05, 0) is 18.6 Å². The Hall–Kier alpha value is -1.95. The number of unbranched alkanes of at least 4 members (excludes halogenated alkanes) is 1. The zero-order valence-electron chi connectivity index (χ0n) is 13.2. The third kappa shape index (κ3) is 4.04. The van der Waals surface area contributed by atoms with Gasteiger partial charge in [0, 0.05) is 38.4 Å². The van der Waals surface area contributed by atoms with E-state index in [4.69, 9.17) is 4.74 Å². The maximum atomic E-state index is 12.4. The number of ether oxygens (including phenoxy) is 1. The number of morpholine rings is 1. The summed E-state index contributed by atoms with van der Waals surface area (Å²) in [6.45, 7) is 5.06. The van der Waals surface area contributed by atoms with Crippen molar-refractivity contribution in [2.45, 2.75) is 19.8 Å². The molecule has 0 unspecified atom stereocenters. The number of hydrogen-bond acceptors (Lipinski definition) is 4. The van der Waals surface area contributed by atoms with Crippen molar-refractivity contribution < 1.29 is 14.3 Å². The van der Waals surface area contributed by atoms with E-state index >= 15 is 0 Å². The largest absolute Gasteiger partial charge is 0.378 e. The fourth-order valence-corrected chi connectivity index (χ4v) is 2.32. The number of pyridine rings is 1. The molecule has 1 aromatic rings. The van der Waals surface area contributed by atoms with Crippen LogP contribution >= 0.6 is 0 Å². The second-order valence-corrected chi connectivity index (χ2v) is 5.41. The van der Waals surface area contributed by atoms with Gasteiger partial charge in [0.05, 0.1) is 13.2 Å². The summed E-state index contributed by atoms with van der Waals surface area (Å²) < 4.78 is 5.25. The molecule has 0 aromatic carbocycles. The lowest BCUT2D eigenvalue weighted by molar-refractivity contribution is 0.0303. The van der Waals surface area contributed by atoms with Crippen molar-refractivity contribution in [2.24, 2.45) is 0 Å². The second kappa shape index (κ2) is 7.89. The van der Waals surface area contributed by atoms with Crippen molar-refractivity contribution in [1.82, 2.24) is 14.8 Å². The van der Waals surface area contributed by atoms with E-state index in [2.05, 4.69) is 11.9 Å². The number of rotatable bonds is 5. The van der Waals surface area contributed by atoms with Crippen LogP contribution < -0.4 is 0 Å². The molecule has 0 aliphatic carbocycles. The van der Waals surface area contributed by atoms with E-state index in [1.807, 2.05) is 0 Å². The van der Waals surface area contributed by atoms with Crippen LogP contribution in [0.5, 0.6) is 0 Å². The van der Waals surface area contributed by atoms with Gasteiger partial charge < -0.3 is 14.5 Å². The van der Waals surface area contributed by atoms with Crippen LogP contribution in [0.3, 0.4) is 0 Å². The molecule has 0 bridgehead atoms. The first-order chi connectivity index (χ1) is 10.6. The van der Waals surface area contributed by atoms with Gasteiger partial charge in [-0.1, -0.05) is 13.3 Å². The lowest BCUT2D eigenvalue weighted by Crippen LogP contribution is -2.40. The van der Waals surface area contributed by atoms with Crippen molar-refractivity contribution in [2.75, 3.05) is 39.9 Å². The number of hydrogen-bond donors (Lipinski definition) is 0. The molecule has 0 N–H and O–H groups in total. The molecule has 6 nitrogen and oxygen atoms in total. The predicted molar refractivity (Wildman–Crippen MR) is 82.8 cm³/mol. The minimum Gasteiger partial charge on any atom is -0.378 e. The number of carbonyl (C=O) groups excluding carboxylic acids is 2. The van der Waals surface area contributed by atoms with Crippen LogP contribution in [-0.4, -0.2) is 66.5 Å². The minimum atomic E-state index is -0.148. The number of nitrogens with zero attached hydrogens (tertiary/aromatic N) is 3. The Balaban J connectivity index is 2.08. The molecule has 1 aromatic heterocycles. The van der Waals surface area contributed by atoms with Crippen molar-refractivity contribution >= 4 is 11.8 Å². The van der Waals surface area contributed by atoms with Gasteiger partial charge >= 0.3 is 0 Å². The van der Waals surface area contributed by atoms with E-state index < -0.39 is 0 Å². The first kappa shape index (κ1) is 16.4. The van der Waals surface area contributed by atoms with Gasteiger partial charge in [0.2, 0.25) is 0 Å². The Kier molecular flexibility index (Phi) is 5.89. The summed E-state index contributed by atoms with van der Waals surface area (Å²) in [6.07, 6.45) is 3.50. The van der Waals surface area contributed by atoms with E-state index in [0.29, 0.717) is 44.1 Å². The molecule has 22 heavy (non-hydrogen) atoms. The highest BCUT2D eigenvalue weighted by Gasteiger charge is 2.20. The summed E-state index contributed by atoms with van der Waals surface area (Å²) in [5.41, 5.74) is 0.821. The summed E-state index contributed by atoms with van der Waals surface area (Å²) in [5, 5.41) is 0. The third-order valence-corrected chi connectivity index (χ3v) is 3.72. The molecular formula is C16H23N3O3. The van der Waals surface area contributed by atoms with Crippen LogP contribution in [0, 0.1) is 0 Å². The molecule has 1 fully saturated rings. The van der Waals surface area contributed by atoms with Crippen LogP contribution in [0.1, 0.15) is 40.6 Å². The summed E-state index contributed by atoms with van der Waals surface area (Å²) >= 11 is 0. The molecule has 1 aliphatic heterocycles. The highest BCUT2D eigenvalue weighted by molar-refractivity contribution is 5.98. The molecule has 2 heterocycles. The fraction of sp³-hybridized carbons (Fsp3) is 0.562. The lowest BCUT2D eigenvalue weighted by atomic mass is 10.2. The first-order valence-electron chi connectivity index (χ1n) is 7.72. The molecule has 6 heteroatoms. The Labute approximate surface area is 131 Å². The first-order valence-corrected chi connectivity index (χ1v) is 7.72. The molecule has 0 spiro atoms. The molecule has 120 valence electrons. The van der Waals surface area contributed by atoms with Crippen molar-refractivity contribution in [3.63, 3.8) is 0 Å². The highest BCUT2D eigenvalue weighted by atomic mass is 16.5. The third-order valence-electron chi connectivity index (χ3n) is 3.72. The van der Waals surface area contributed by atoms with Crippen LogP contribution in [0.15, 0.2) is 18.3 Å². The molecular weight excluding hydrogens is 282 g/mol. The summed E-state index contributed by atoms with van der Waals surface area (Å²) in [4.78, 5) is 32.3. The molecule has 2 amide bonds. The lowest BCUT2D eigenvalue weighted by Gasteiger charge is -2.27. The fourth-order valence-electron chi connectivity index (χ4n) is 2.32. The normalized spacial score (nSPS) is 14.7. The van der Waals surface area contributed by atoms with Gasteiger partial charge in [-0.2, -0.15) is 0 Å². The molecule has 0 radical (unpaired) electrons. The molecule has 0 atom stereocenters. The van der Waals surface area contributed by atoms with Gasteiger partial charge in [0.25, 0.3) is 11.8 Å². The van der Waals surface area contributed by atoms with E-state index in [-0.39, 0.29) is 11.8 Å². The quantitative estimate of drug-likeness (QED) is 0.825. The standard InChI is InChI=1S/C16H23N3O3/c1-3-4-7-18(2)16(21)14-12-13(5-6-17-14)15(20)19-8-10-22-11-9-19/h5-6,12H,3-4,7-11H2,1-2H3. The van der Waals surface area contributed by atoms with Gasteiger partial charge in [-0.15, -0.1) is 0 Å². The predicted octanol–water partition coefficient (Wildman–Crippen LogP) is 1.43. The van der Waals surface area contributed by atoms with Gasteiger partial charge in [0.1, 0.15) is 5.69 Å². The SMILES string of the molecule is CCCCN(C)C(=O)c1cc(C(=O)N2CCOCC2)ccn1. The van der Waals surface area contributed by atoms with E-state index in [1.165, 1.54) is 6.20 Å². The Morgan fingerprint density at radius 1 is 1.36 bits per heavy atom. The van der Waals surface area contributed by atoms with E-state index in [9.17, 15) is 9.59 Å². The number of amides is 2. The highest BCUT2D eigenvalue weighted by Crippen LogP contribution is 2.10. The number of aromatic nitrogens is 1. The Morgan fingerprint density at radius 3 is 2.77 bits per heavy atom. The maximum Gasteiger partial charge on any atom is 0.272 e. The van der Waals surface area contributed by atoms with Crippen LogP contribution in [-0.2, 0) is 4.74 Å². The average molecular weight is 305 g/mol. The summed E-state index contributed by atoms with van der Waals surface area (Å²) in [6, 6.07) is 3.24. The zero-order chi connectivity index (χ0) is 15.9. The van der Waals surface area contributed by atoms with Gasteiger partial charge in [-0.25, -0.2) is 0 Å². The van der Waals surface area contributed by atoms with Crippen LogP contribution in [0.4, 0.5) is 0 Å². The van der Waals surface area contributed by atoms with Crippen LogP contribution in [0.25, 0.3) is 0 Å². The van der Waals surface area contributed by atoms with E-state index in [1.54, 1.807) is 29.0 Å². The smallest absolute Gasteiger partial charge is 0.272 e. The monoisotopic (exact) mass is 305 g/mol. The van der Waals surface area contributed by atoms with Crippen LogP contribution in [0.2, 0.25) is 0 Å². The van der Waals surface area contributed by atoms with Gasteiger partial charge in [-0.3, -0.25) is 14.6 Å². The summed E-state index contributed by atoms with van der Waals surface area (Å²) in [7, 11) is 1.76. The van der Waals surface area contributed by atoms with E-state index in [0.717, 1.165) is 12.8 Å². The van der Waals surface area contributed by atoms with Crippen molar-refractivity contribution in [3.05, 3.63) is 29.6 Å². The maximum absolute atomic E-state index is 12.4. The van der Waals surface area contributed by atoms with Gasteiger partial charge in [0.15, 0.2) is 0 Å². The average Bonchev–Trinajstić information content (AvgIpc) is 2.59. The molecule has 1 saturated heterocycles. The van der Waals surface area contributed by atoms with Crippen molar-refractivity contribution in [3.8, 4) is 0 Å². The van der Waals surface area contributed by atoms with Crippen molar-refractivity contribution in [1.29, 1.82) is 0 Å². The molecule has 1 aliphatic rings. The molecule has 0 saturated carbocycles. The zero-order valence-corrected chi connectivity index (χ0v) is 13.2. The minimum absolute atomic E-state index is 0.0732. The molecule has 2 rings (SSSR count). The summed E-state index contributed by atoms with van der Waals surface area (Å²) in [5.74, 6) is -0.221. The number of carbonyl (C=O) groups is 2. The Bertz CT molecular complexity index is 527. The Morgan fingerprint density at radius 2 is 2.09 bits per heavy atom. The second-order valence-electron chi connectivity index (χ2n) is 5.41. The topological polar surface area (TPSA) is 62.7 Å².